The average molecular weight is 746 g/mol. The van der Waals surface area contributed by atoms with Gasteiger partial charge in [-0.05, 0) is 42.3 Å². The maximum Gasteiger partial charge on any atom is 0.416 e. The zero-order valence-electron chi connectivity index (χ0n) is 28.8. The molecule has 4 amide bonds. The number of carbonyl (C=O) groups is 4. The minimum absolute atomic E-state index is 0.0521. The number of aromatic nitrogens is 3. The molecular formula is C33H39ClF3N11O4. The lowest BCUT2D eigenvalue weighted by Crippen LogP contribution is -2.44. The number of aryl methyl sites for hydroxylation is 4. The average Bonchev–Trinajstić information content (AvgIpc) is 3.77. The highest BCUT2D eigenvalue weighted by atomic mass is 35.5. The van der Waals surface area contributed by atoms with Crippen LogP contribution >= 0.6 is 11.6 Å². The van der Waals surface area contributed by atoms with Crippen molar-refractivity contribution < 1.29 is 32.3 Å². The summed E-state index contributed by atoms with van der Waals surface area (Å²) in [5.41, 5.74) is 13.7. The predicted octanol–water partition coefficient (Wildman–Crippen LogP) is 3.18. The number of aliphatic imine (C=N–C) groups is 1. The molecule has 4 rings (SSSR count). The smallest absolute Gasteiger partial charge is 0.370 e. The van der Waals surface area contributed by atoms with Gasteiger partial charge in [0.2, 0.25) is 0 Å². The fraction of sp³-hybridized carbons (Fsp3) is 0.303. The first kappa shape index (κ1) is 39.0. The Kier molecular flexibility index (Phi) is 12.4. The Balaban J connectivity index is 1.48. The van der Waals surface area contributed by atoms with E-state index in [1.54, 1.807) is 34.3 Å². The maximum atomic E-state index is 13.7. The molecule has 1 aromatic carbocycles. The topological polar surface area (TPSA) is 199 Å². The van der Waals surface area contributed by atoms with E-state index in [0.29, 0.717) is 5.69 Å². The SMILES string of the molecule is CCc1ccc(C(=O)N(NCCCl)c2cc(C(=O)Nc3cc(C(=O)Nc4cc(C(=O)NCCN=C(N)N)n(C)c4)n(C)c3)n(C)c2)cc1C(F)(F)F. The number of alkyl halides is 4. The van der Waals surface area contributed by atoms with Crippen LogP contribution in [0.4, 0.5) is 30.2 Å². The first-order chi connectivity index (χ1) is 24.5. The van der Waals surface area contributed by atoms with Gasteiger partial charge in [0.05, 0.1) is 29.2 Å². The number of benzene rings is 1. The van der Waals surface area contributed by atoms with Crippen molar-refractivity contribution in [3.05, 3.63) is 88.8 Å². The lowest BCUT2D eigenvalue weighted by atomic mass is 10.0. The number of hydrogen-bond acceptors (Lipinski definition) is 6. The Morgan fingerprint density at radius 2 is 1.38 bits per heavy atom. The first-order valence-electron chi connectivity index (χ1n) is 15.8. The minimum atomic E-state index is -4.66. The van der Waals surface area contributed by atoms with E-state index in [0.717, 1.165) is 11.1 Å². The number of carbonyl (C=O) groups excluding carboxylic acids is 4. The second-order valence-electron chi connectivity index (χ2n) is 11.6. The van der Waals surface area contributed by atoms with Gasteiger partial charge in [0.15, 0.2) is 5.96 Å². The van der Waals surface area contributed by atoms with E-state index in [2.05, 4.69) is 26.4 Å². The van der Waals surface area contributed by atoms with Crippen LogP contribution in [-0.2, 0) is 33.7 Å². The highest BCUT2D eigenvalue weighted by Crippen LogP contribution is 2.33. The molecular weight excluding hydrogens is 707 g/mol. The lowest BCUT2D eigenvalue weighted by molar-refractivity contribution is -0.138. The minimum Gasteiger partial charge on any atom is -0.370 e. The second kappa shape index (κ2) is 16.5. The van der Waals surface area contributed by atoms with Crippen LogP contribution in [0.25, 0.3) is 0 Å². The molecule has 0 radical (unpaired) electrons. The third kappa shape index (κ3) is 9.32. The summed E-state index contributed by atoms with van der Waals surface area (Å²) in [4.78, 5) is 56.5. The zero-order chi connectivity index (χ0) is 38.3. The largest absolute Gasteiger partial charge is 0.416 e. The van der Waals surface area contributed by atoms with Crippen molar-refractivity contribution in [1.29, 1.82) is 0 Å². The number of anilines is 3. The molecule has 0 saturated carbocycles. The lowest BCUT2D eigenvalue weighted by Gasteiger charge is -2.23. The standard InChI is InChI=1S/C33H39ClF3N11O4/c1-5-19-6-7-20(12-24(19)33(35,36)37)31(52)48(42-9-8-34)23-15-27(47(4)18-23)30(51)44-22-14-26(46(3)17-22)29(50)43-21-13-25(45(2)16-21)28(49)40-10-11-41-32(38)39/h6-7,12-18,42H,5,8-11H2,1-4H3,(H,40,49)(H,43,50)(H,44,51)(H4,38,39,41). The highest BCUT2D eigenvalue weighted by molar-refractivity contribution is 6.18. The summed E-state index contributed by atoms with van der Waals surface area (Å²) < 4.78 is 45.7. The number of nitrogens with two attached hydrogens (primary N) is 2. The number of guanidine groups is 1. The van der Waals surface area contributed by atoms with E-state index < -0.39 is 35.4 Å². The van der Waals surface area contributed by atoms with Gasteiger partial charge in [0.25, 0.3) is 23.6 Å². The van der Waals surface area contributed by atoms with Gasteiger partial charge in [-0.3, -0.25) is 24.2 Å². The van der Waals surface area contributed by atoms with E-state index in [-0.39, 0.29) is 77.5 Å². The Labute approximate surface area is 301 Å². The van der Waals surface area contributed by atoms with Crippen LogP contribution in [0.15, 0.2) is 60.0 Å². The van der Waals surface area contributed by atoms with Gasteiger partial charge in [0, 0.05) is 64.3 Å². The van der Waals surface area contributed by atoms with Crippen LogP contribution in [-0.4, -0.2) is 68.8 Å². The van der Waals surface area contributed by atoms with E-state index in [1.165, 1.54) is 56.4 Å². The number of halogens is 4. The first-order valence-corrected chi connectivity index (χ1v) is 16.4. The molecule has 0 atom stereocenters. The molecule has 19 heteroatoms. The fourth-order valence-electron chi connectivity index (χ4n) is 5.29. The van der Waals surface area contributed by atoms with Gasteiger partial charge < -0.3 is 41.1 Å². The van der Waals surface area contributed by atoms with Gasteiger partial charge in [-0.25, -0.2) is 10.4 Å². The Bertz CT molecular complexity index is 1990. The Morgan fingerprint density at radius 1 is 0.827 bits per heavy atom. The number of rotatable bonds is 14. The third-order valence-electron chi connectivity index (χ3n) is 7.77. The number of hydrazine groups is 1. The van der Waals surface area contributed by atoms with Gasteiger partial charge >= 0.3 is 6.18 Å². The van der Waals surface area contributed by atoms with Crippen molar-refractivity contribution in [2.75, 3.05) is 41.2 Å². The van der Waals surface area contributed by atoms with Crippen LogP contribution in [0.1, 0.15) is 59.9 Å². The molecule has 4 aromatic rings. The van der Waals surface area contributed by atoms with Gasteiger partial charge in [-0.1, -0.05) is 13.0 Å². The maximum absolute atomic E-state index is 13.7. The van der Waals surface area contributed by atoms with Crippen molar-refractivity contribution in [3.8, 4) is 0 Å². The van der Waals surface area contributed by atoms with Crippen molar-refractivity contribution in [2.45, 2.75) is 19.5 Å². The molecule has 3 heterocycles. The molecule has 52 heavy (non-hydrogen) atoms. The number of amides is 4. The molecule has 0 aliphatic carbocycles. The summed E-state index contributed by atoms with van der Waals surface area (Å²) in [6.45, 7) is 2.09. The summed E-state index contributed by atoms with van der Waals surface area (Å²) in [5.74, 6) is -2.31. The molecule has 278 valence electrons. The molecule has 0 aliphatic rings. The summed E-state index contributed by atoms with van der Waals surface area (Å²) >= 11 is 5.84. The van der Waals surface area contributed by atoms with E-state index >= 15 is 0 Å². The molecule has 0 saturated heterocycles. The zero-order valence-corrected chi connectivity index (χ0v) is 29.5. The molecule has 0 spiro atoms. The summed E-state index contributed by atoms with van der Waals surface area (Å²) in [6, 6.07) is 7.73. The fourth-order valence-corrected chi connectivity index (χ4v) is 5.38. The Morgan fingerprint density at radius 3 is 1.92 bits per heavy atom. The van der Waals surface area contributed by atoms with Crippen LogP contribution in [0.2, 0.25) is 0 Å². The molecule has 0 fully saturated rings. The second-order valence-corrected chi connectivity index (χ2v) is 12.0. The highest BCUT2D eigenvalue weighted by Gasteiger charge is 2.34. The molecule has 0 bridgehead atoms. The van der Waals surface area contributed by atoms with Gasteiger partial charge in [0.1, 0.15) is 17.1 Å². The monoisotopic (exact) mass is 745 g/mol. The number of nitrogens with zero attached hydrogens (tertiary/aromatic N) is 5. The molecule has 15 nitrogen and oxygen atoms in total. The normalized spacial score (nSPS) is 11.2. The van der Waals surface area contributed by atoms with Crippen LogP contribution in [0.5, 0.6) is 0 Å². The molecule has 0 aliphatic heterocycles. The van der Waals surface area contributed by atoms with Gasteiger partial charge in [-0.2, -0.15) is 13.2 Å². The van der Waals surface area contributed by atoms with Crippen molar-refractivity contribution in [3.63, 3.8) is 0 Å². The summed E-state index contributed by atoms with van der Waals surface area (Å²) in [7, 11) is 4.81. The van der Waals surface area contributed by atoms with Gasteiger partial charge in [-0.15, -0.1) is 11.6 Å². The third-order valence-corrected chi connectivity index (χ3v) is 7.96. The number of nitrogens with one attached hydrogen (secondary N) is 4. The summed E-state index contributed by atoms with van der Waals surface area (Å²) in [5, 5.41) is 9.17. The van der Waals surface area contributed by atoms with E-state index in [4.69, 9.17) is 23.1 Å². The quantitative estimate of drug-likeness (QED) is 0.0375. The predicted molar refractivity (Wildman–Crippen MR) is 192 cm³/mol. The van der Waals surface area contributed by atoms with E-state index in [9.17, 15) is 32.3 Å². The summed E-state index contributed by atoms with van der Waals surface area (Å²) in [6.07, 6.45) is 0.00856. The molecule has 0 unspecified atom stereocenters. The van der Waals surface area contributed by atoms with Crippen LogP contribution < -0.4 is 37.9 Å². The molecule has 8 N–H and O–H groups in total. The van der Waals surface area contributed by atoms with Crippen molar-refractivity contribution in [1.82, 2.24) is 24.4 Å². The molecule has 3 aromatic heterocycles. The van der Waals surface area contributed by atoms with Crippen molar-refractivity contribution >= 4 is 58.3 Å². The van der Waals surface area contributed by atoms with Crippen LogP contribution in [0, 0.1) is 0 Å². The number of hydrogen-bond donors (Lipinski definition) is 6. The van der Waals surface area contributed by atoms with Crippen molar-refractivity contribution in [2.24, 2.45) is 37.6 Å². The van der Waals surface area contributed by atoms with Crippen LogP contribution in [0.3, 0.4) is 0 Å². The van der Waals surface area contributed by atoms with E-state index in [1.807, 2.05) is 0 Å². The Hall–Kier alpha value is -5.75.